The monoisotopic (exact) mass is 434 g/mol. The SMILES string of the molecule is CNc1cc2c(cn1)n(-c1cnn(C)c1)nc2[C@H]1CC[C@@H](Oc2ccc(=O)n(C)n2)CC1. The lowest BCUT2D eigenvalue weighted by molar-refractivity contribution is 0.137. The molecule has 0 bridgehead atoms. The Labute approximate surface area is 184 Å². The zero-order chi connectivity index (χ0) is 22.2. The van der Waals surface area contributed by atoms with Gasteiger partial charge < -0.3 is 10.1 Å². The van der Waals surface area contributed by atoms with Crippen LogP contribution in [0, 0.1) is 0 Å². The third kappa shape index (κ3) is 3.72. The first-order chi connectivity index (χ1) is 15.5. The molecule has 0 spiro atoms. The molecule has 0 radical (unpaired) electrons. The Kier molecular flexibility index (Phi) is 5.12. The van der Waals surface area contributed by atoms with Gasteiger partial charge in [-0.1, -0.05) is 0 Å². The highest BCUT2D eigenvalue weighted by Gasteiger charge is 2.28. The normalized spacial score (nSPS) is 18.7. The van der Waals surface area contributed by atoms with Gasteiger partial charge in [0, 0.05) is 44.6 Å². The van der Waals surface area contributed by atoms with Gasteiger partial charge in [-0.05, 0) is 31.7 Å². The van der Waals surface area contributed by atoms with Crippen molar-refractivity contribution in [2.75, 3.05) is 12.4 Å². The van der Waals surface area contributed by atoms with Crippen molar-refractivity contribution in [1.82, 2.24) is 34.3 Å². The first-order valence-corrected chi connectivity index (χ1v) is 10.8. The summed E-state index contributed by atoms with van der Waals surface area (Å²) >= 11 is 0. The second-order valence-electron chi connectivity index (χ2n) is 8.23. The van der Waals surface area contributed by atoms with Gasteiger partial charge in [-0.2, -0.15) is 10.2 Å². The van der Waals surface area contributed by atoms with E-state index in [0.717, 1.165) is 53.8 Å². The van der Waals surface area contributed by atoms with Crippen LogP contribution in [0.15, 0.2) is 41.6 Å². The lowest BCUT2D eigenvalue weighted by atomic mass is 9.84. The van der Waals surface area contributed by atoms with Crippen molar-refractivity contribution in [2.24, 2.45) is 14.1 Å². The van der Waals surface area contributed by atoms with Crippen LogP contribution >= 0.6 is 0 Å². The Balaban J connectivity index is 1.40. The summed E-state index contributed by atoms with van der Waals surface area (Å²) in [6, 6.07) is 5.20. The smallest absolute Gasteiger partial charge is 0.266 e. The minimum absolute atomic E-state index is 0.0810. The minimum Gasteiger partial charge on any atom is -0.473 e. The first kappa shape index (κ1) is 20.2. The van der Waals surface area contributed by atoms with Gasteiger partial charge >= 0.3 is 0 Å². The van der Waals surface area contributed by atoms with E-state index in [1.165, 1.54) is 10.7 Å². The summed E-state index contributed by atoms with van der Waals surface area (Å²) in [7, 11) is 5.40. The van der Waals surface area contributed by atoms with E-state index < -0.39 is 0 Å². The van der Waals surface area contributed by atoms with Gasteiger partial charge in [-0.15, -0.1) is 5.10 Å². The molecule has 166 valence electrons. The maximum atomic E-state index is 11.5. The second kappa shape index (κ2) is 8.10. The van der Waals surface area contributed by atoms with Gasteiger partial charge in [0.05, 0.1) is 29.8 Å². The number of pyridine rings is 1. The van der Waals surface area contributed by atoms with Gasteiger partial charge in [-0.3, -0.25) is 9.48 Å². The zero-order valence-electron chi connectivity index (χ0n) is 18.4. The number of fused-ring (bicyclic) bond motifs is 1. The Morgan fingerprint density at radius 2 is 1.91 bits per heavy atom. The molecule has 32 heavy (non-hydrogen) atoms. The molecule has 10 heteroatoms. The fourth-order valence-corrected chi connectivity index (χ4v) is 4.36. The van der Waals surface area contributed by atoms with Crippen molar-refractivity contribution in [3.8, 4) is 11.6 Å². The van der Waals surface area contributed by atoms with E-state index in [1.807, 2.05) is 37.4 Å². The largest absolute Gasteiger partial charge is 0.473 e. The predicted octanol–water partition coefficient (Wildman–Crippen LogP) is 2.39. The number of nitrogens with one attached hydrogen (secondary N) is 1. The molecule has 4 aromatic heterocycles. The van der Waals surface area contributed by atoms with Gasteiger partial charge in [0.1, 0.15) is 17.6 Å². The molecule has 1 N–H and O–H groups in total. The number of aromatic nitrogens is 7. The highest BCUT2D eigenvalue weighted by atomic mass is 16.5. The number of hydrogen-bond acceptors (Lipinski definition) is 7. The fourth-order valence-electron chi connectivity index (χ4n) is 4.36. The lowest BCUT2D eigenvalue weighted by Crippen LogP contribution is -2.26. The van der Waals surface area contributed by atoms with Crippen LogP contribution in [0.4, 0.5) is 5.82 Å². The molecule has 1 fully saturated rings. The third-order valence-corrected chi connectivity index (χ3v) is 6.07. The summed E-state index contributed by atoms with van der Waals surface area (Å²) in [4.78, 5) is 16.0. The maximum Gasteiger partial charge on any atom is 0.266 e. The van der Waals surface area contributed by atoms with Crippen LogP contribution in [-0.4, -0.2) is 47.5 Å². The summed E-state index contributed by atoms with van der Waals surface area (Å²) in [6.45, 7) is 0. The number of aryl methyl sites for hydroxylation is 2. The molecule has 0 unspecified atom stereocenters. The Morgan fingerprint density at radius 3 is 2.59 bits per heavy atom. The molecule has 0 aromatic carbocycles. The Hall–Kier alpha value is -3.69. The third-order valence-electron chi connectivity index (χ3n) is 6.07. The van der Waals surface area contributed by atoms with E-state index in [-0.39, 0.29) is 11.7 Å². The van der Waals surface area contributed by atoms with Crippen molar-refractivity contribution in [3.63, 3.8) is 0 Å². The van der Waals surface area contributed by atoms with Gasteiger partial charge in [-0.25, -0.2) is 14.3 Å². The van der Waals surface area contributed by atoms with Gasteiger partial charge in [0.2, 0.25) is 5.88 Å². The summed E-state index contributed by atoms with van der Waals surface area (Å²) in [6.07, 6.45) is 9.45. The zero-order valence-corrected chi connectivity index (χ0v) is 18.4. The first-order valence-electron chi connectivity index (χ1n) is 10.8. The molecule has 0 amide bonds. The average molecular weight is 435 g/mol. The minimum atomic E-state index is -0.146. The van der Waals surface area contributed by atoms with Crippen molar-refractivity contribution in [2.45, 2.75) is 37.7 Å². The predicted molar refractivity (Wildman–Crippen MR) is 120 cm³/mol. The number of ether oxygens (including phenoxy) is 1. The van der Waals surface area contributed by atoms with E-state index in [0.29, 0.717) is 11.8 Å². The average Bonchev–Trinajstić information content (AvgIpc) is 3.40. The molecule has 5 rings (SSSR count). The fraction of sp³-hybridized carbons (Fsp3) is 0.409. The molecule has 4 heterocycles. The molecule has 0 aliphatic heterocycles. The molecular weight excluding hydrogens is 408 g/mol. The summed E-state index contributed by atoms with van der Waals surface area (Å²) in [5.41, 5.74) is 2.83. The molecule has 1 aliphatic rings. The second-order valence-corrected chi connectivity index (χ2v) is 8.23. The van der Waals surface area contributed by atoms with E-state index in [4.69, 9.17) is 9.84 Å². The van der Waals surface area contributed by atoms with Crippen molar-refractivity contribution >= 4 is 16.7 Å². The number of nitrogens with zero attached hydrogens (tertiary/aromatic N) is 7. The highest BCUT2D eigenvalue weighted by Crippen LogP contribution is 2.38. The Morgan fingerprint density at radius 1 is 1.09 bits per heavy atom. The van der Waals surface area contributed by atoms with Gasteiger partial charge in [0.15, 0.2) is 0 Å². The van der Waals surface area contributed by atoms with Crippen LogP contribution in [0.25, 0.3) is 16.6 Å². The quantitative estimate of drug-likeness (QED) is 0.514. The molecule has 4 aromatic rings. The van der Waals surface area contributed by atoms with E-state index in [1.54, 1.807) is 17.8 Å². The number of rotatable bonds is 5. The summed E-state index contributed by atoms with van der Waals surface area (Å²) in [5, 5.41) is 17.7. The van der Waals surface area contributed by atoms with Gasteiger partial charge in [0.25, 0.3) is 5.56 Å². The van der Waals surface area contributed by atoms with Crippen LogP contribution in [0.2, 0.25) is 0 Å². The summed E-state index contributed by atoms with van der Waals surface area (Å²) < 4.78 is 11.0. The Bertz CT molecular complexity index is 1310. The van der Waals surface area contributed by atoms with E-state index >= 15 is 0 Å². The van der Waals surface area contributed by atoms with Crippen LogP contribution in [0.5, 0.6) is 5.88 Å². The molecule has 1 aliphatic carbocycles. The van der Waals surface area contributed by atoms with Crippen molar-refractivity contribution in [1.29, 1.82) is 0 Å². The number of hydrogen-bond donors (Lipinski definition) is 1. The molecule has 0 atom stereocenters. The van der Waals surface area contributed by atoms with E-state index in [2.05, 4.69) is 26.6 Å². The van der Waals surface area contributed by atoms with Crippen molar-refractivity contribution in [3.05, 3.63) is 52.8 Å². The summed E-state index contributed by atoms with van der Waals surface area (Å²) in [5.74, 6) is 1.64. The lowest BCUT2D eigenvalue weighted by Gasteiger charge is -2.28. The highest BCUT2D eigenvalue weighted by molar-refractivity contribution is 5.85. The molecule has 10 nitrogen and oxygen atoms in total. The van der Waals surface area contributed by atoms with E-state index in [9.17, 15) is 4.79 Å². The topological polar surface area (TPSA) is 105 Å². The van der Waals surface area contributed by atoms with Crippen molar-refractivity contribution < 1.29 is 4.74 Å². The standard InChI is InChI=1S/C22H26N8O2/c1-23-19-10-17-18(12-24-19)30(15-11-25-28(2)13-15)27-22(17)14-4-6-16(7-5-14)32-20-8-9-21(31)29(3)26-20/h8-14,16H,4-7H2,1-3H3,(H,23,24)/t14-,16+. The van der Waals surface area contributed by atoms with Crippen LogP contribution in [0.1, 0.15) is 37.3 Å². The van der Waals surface area contributed by atoms with Crippen LogP contribution < -0.4 is 15.6 Å². The maximum absolute atomic E-state index is 11.5. The van der Waals surface area contributed by atoms with Crippen LogP contribution in [-0.2, 0) is 14.1 Å². The van der Waals surface area contributed by atoms with Crippen LogP contribution in [0.3, 0.4) is 0 Å². The number of anilines is 1. The molecular formula is C22H26N8O2. The molecule has 0 saturated heterocycles. The molecule has 1 saturated carbocycles.